The third-order valence-corrected chi connectivity index (χ3v) is 3.68. The van der Waals surface area contributed by atoms with Gasteiger partial charge in [0.05, 0.1) is 4.91 Å². The molecule has 0 saturated heterocycles. The molecule has 13 heavy (non-hydrogen) atoms. The number of carbonyl (C=O) groups is 1. The first-order valence-corrected chi connectivity index (χ1v) is 5.70. The predicted molar refractivity (Wildman–Crippen MR) is 55.5 cm³/mol. The SMILES string of the molecule is CC1(C)CC(=O)C2=C(C1)NCCS2. The van der Waals surface area contributed by atoms with Gasteiger partial charge in [0.15, 0.2) is 5.78 Å². The number of nitrogens with one attached hydrogen (secondary N) is 1. The van der Waals surface area contributed by atoms with Gasteiger partial charge in [0, 0.05) is 24.4 Å². The summed E-state index contributed by atoms with van der Waals surface area (Å²) in [7, 11) is 0. The first kappa shape index (κ1) is 9.13. The summed E-state index contributed by atoms with van der Waals surface area (Å²) in [6.45, 7) is 5.33. The number of Topliss-reactive ketones (excluding diaryl/α,β-unsaturated/α-hetero) is 1. The van der Waals surface area contributed by atoms with Gasteiger partial charge in [0.2, 0.25) is 0 Å². The van der Waals surface area contributed by atoms with Crippen LogP contribution in [0.2, 0.25) is 0 Å². The van der Waals surface area contributed by atoms with Crippen LogP contribution < -0.4 is 5.32 Å². The molecule has 2 nitrogen and oxygen atoms in total. The maximum absolute atomic E-state index is 11.7. The van der Waals surface area contributed by atoms with Gasteiger partial charge in [0.1, 0.15) is 0 Å². The minimum atomic E-state index is 0.154. The summed E-state index contributed by atoms with van der Waals surface area (Å²) in [5.41, 5.74) is 1.35. The fourth-order valence-corrected chi connectivity index (χ4v) is 2.93. The number of hydrogen-bond acceptors (Lipinski definition) is 3. The van der Waals surface area contributed by atoms with Crippen LogP contribution in [0.4, 0.5) is 0 Å². The topological polar surface area (TPSA) is 29.1 Å². The lowest BCUT2D eigenvalue weighted by Gasteiger charge is -2.34. The van der Waals surface area contributed by atoms with Crippen LogP contribution >= 0.6 is 11.8 Å². The lowest BCUT2D eigenvalue weighted by atomic mass is 9.78. The molecule has 2 aliphatic rings. The summed E-state index contributed by atoms with van der Waals surface area (Å²) in [6.07, 6.45) is 1.74. The monoisotopic (exact) mass is 197 g/mol. The summed E-state index contributed by atoms with van der Waals surface area (Å²) >= 11 is 1.72. The van der Waals surface area contributed by atoms with Crippen molar-refractivity contribution in [1.82, 2.24) is 5.32 Å². The Hall–Kier alpha value is -0.440. The highest BCUT2D eigenvalue weighted by Crippen LogP contribution is 2.40. The molecule has 0 fully saturated rings. The molecule has 2 rings (SSSR count). The van der Waals surface area contributed by atoms with Gasteiger partial charge >= 0.3 is 0 Å². The minimum absolute atomic E-state index is 0.154. The van der Waals surface area contributed by atoms with Gasteiger partial charge in [-0.1, -0.05) is 13.8 Å². The highest BCUT2D eigenvalue weighted by Gasteiger charge is 2.34. The first-order chi connectivity index (χ1) is 6.08. The van der Waals surface area contributed by atoms with Crippen molar-refractivity contribution in [3.8, 4) is 0 Å². The van der Waals surface area contributed by atoms with Crippen molar-refractivity contribution < 1.29 is 4.79 Å². The Labute approximate surface area is 83.2 Å². The van der Waals surface area contributed by atoms with E-state index in [1.54, 1.807) is 11.8 Å². The maximum atomic E-state index is 11.7. The molecule has 72 valence electrons. The van der Waals surface area contributed by atoms with Gasteiger partial charge in [0.25, 0.3) is 0 Å². The highest BCUT2D eigenvalue weighted by atomic mass is 32.2. The Morgan fingerprint density at radius 2 is 2.15 bits per heavy atom. The van der Waals surface area contributed by atoms with E-state index in [-0.39, 0.29) is 5.41 Å². The van der Waals surface area contributed by atoms with Crippen molar-refractivity contribution in [3.63, 3.8) is 0 Å². The van der Waals surface area contributed by atoms with Crippen molar-refractivity contribution >= 4 is 17.5 Å². The Balaban J connectivity index is 2.30. The number of thioether (sulfide) groups is 1. The Morgan fingerprint density at radius 3 is 2.92 bits per heavy atom. The molecule has 1 heterocycles. The number of allylic oxidation sites excluding steroid dienone is 2. The van der Waals surface area contributed by atoms with Gasteiger partial charge in [-0.05, 0) is 11.8 Å². The van der Waals surface area contributed by atoms with Crippen LogP contribution in [-0.4, -0.2) is 18.1 Å². The van der Waals surface area contributed by atoms with E-state index in [0.717, 1.165) is 23.6 Å². The fraction of sp³-hybridized carbons (Fsp3) is 0.700. The molecule has 1 N–H and O–H groups in total. The van der Waals surface area contributed by atoms with Crippen LogP contribution in [0.5, 0.6) is 0 Å². The van der Waals surface area contributed by atoms with Crippen molar-refractivity contribution in [3.05, 3.63) is 10.6 Å². The standard InChI is InChI=1S/C10H15NOS/c1-10(2)5-7-9(8(12)6-10)13-4-3-11-7/h11H,3-6H2,1-2H3. The molecule has 1 aliphatic heterocycles. The second kappa shape index (κ2) is 3.05. The van der Waals surface area contributed by atoms with Crippen LogP contribution in [0.25, 0.3) is 0 Å². The fourth-order valence-electron chi connectivity index (χ4n) is 1.97. The zero-order valence-corrected chi connectivity index (χ0v) is 8.96. The quantitative estimate of drug-likeness (QED) is 0.643. The molecule has 0 spiro atoms. The molecule has 0 amide bonds. The van der Waals surface area contributed by atoms with Gasteiger partial charge < -0.3 is 5.32 Å². The van der Waals surface area contributed by atoms with Gasteiger partial charge in [-0.15, -0.1) is 11.8 Å². The highest BCUT2D eigenvalue weighted by molar-refractivity contribution is 8.04. The van der Waals surface area contributed by atoms with Crippen LogP contribution in [-0.2, 0) is 4.79 Å². The molecule has 0 aromatic rings. The minimum Gasteiger partial charge on any atom is -0.386 e. The molecule has 0 aromatic carbocycles. The van der Waals surface area contributed by atoms with E-state index in [1.165, 1.54) is 5.70 Å². The zero-order chi connectivity index (χ0) is 9.47. The third-order valence-electron chi connectivity index (χ3n) is 2.51. The van der Waals surface area contributed by atoms with E-state index in [1.807, 2.05) is 0 Å². The lowest BCUT2D eigenvalue weighted by molar-refractivity contribution is -0.117. The van der Waals surface area contributed by atoms with Crippen molar-refractivity contribution in [1.29, 1.82) is 0 Å². The summed E-state index contributed by atoms with van der Waals surface area (Å²) in [4.78, 5) is 12.7. The Kier molecular flexibility index (Phi) is 2.14. The Bertz CT molecular complexity index is 281. The lowest BCUT2D eigenvalue weighted by Crippen LogP contribution is -2.34. The van der Waals surface area contributed by atoms with Crippen LogP contribution in [0.3, 0.4) is 0 Å². The Morgan fingerprint density at radius 1 is 1.38 bits per heavy atom. The number of ketones is 1. The van der Waals surface area contributed by atoms with Crippen molar-refractivity contribution in [2.24, 2.45) is 5.41 Å². The number of rotatable bonds is 0. The van der Waals surface area contributed by atoms with E-state index in [0.29, 0.717) is 12.2 Å². The molecule has 0 saturated carbocycles. The van der Waals surface area contributed by atoms with E-state index >= 15 is 0 Å². The van der Waals surface area contributed by atoms with Crippen molar-refractivity contribution in [2.75, 3.05) is 12.3 Å². The van der Waals surface area contributed by atoms with E-state index < -0.39 is 0 Å². The second-order valence-electron chi connectivity index (χ2n) is 4.52. The van der Waals surface area contributed by atoms with Gasteiger partial charge in [-0.3, -0.25) is 4.79 Å². The van der Waals surface area contributed by atoms with Gasteiger partial charge in [-0.25, -0.2) is 0 Å². The van der Waals surface area contributed by atoms with Crippen LogP contribution in [0.1, 0.15) is 26.7 Å². The molecule has 0 atom stereocenters. The summed E-state index contributed by atoms with van der Waals surface area (Å²) in [6, 6.07) is 0. The normalized spacial score (nSPS) is 26.8. The molecular weight excluding hydrogens is 182 g/mol. The maximum Gasteiger partial charge on any atom is 0.171 e. The summed E-state index contributed by atoms with van der Waals surface area (Å²) < 4.78 is 0. The first-order valence-electron chi connectivity index (χ1n) is 4.71. The molecule has 0 radical (unpaired) electrons. The average molecular weight is 197 g/mol. The van der Waals surface area contributed by atoms with E-state index in [9.17, 15) is 4.79 Å². The molecular formula is C10H15NOS. The molecule has 0 bridgehead atoms. The van der Waals surface area contributed by atoms with Gasteiger partial charge in [-0.2, -0.15) is 0 Å². The van der Waals surface area contributed by atoms with Crippen molar-refractivity contribution in [2.45, 2.75) is 26.7 Å². The van der Waals surface area contributed by atoms with E-state index in [2.05, 4.69) is 19.2 Å². The second-order valence-corrected chi connectivity index (χ2v) is 5.63. The molecule has 3 heteroatoms. The van der Waals surface area contributed by atoms with E-state index in [4.69, 9.17) is 0 Å². The summed E-state index contributed by atoms with van der Waals surface area (Å²) in [5, 5.41) is 3.35. The summed E-state index contributed by atoms with van der Waals surface area (Å²) in [5.74, 6) is 1.37. The zero-order valence-electron chi connectivity index (χ0n) is 8.14. The molecule has 1 aliphatic carbocycles. The average Bonchev–Trinajstić information content (AvgIpc) is 2.02. The third kappa shape index (κ3) is 1.75. The van der Waals surface area contributed by atoms with Crippen LogP contribution in [0, 0.1) is 5.41 Å². The van der Waals surface area contributed by atoms with Crippen LogP contribution in [0.15, 0.2) is 10.6 Å². The number of carbonyl (C=O) groups excluding carboxylic acids is 1. The molecule has 0 aromatic heterocycles. The smallest absolute Gasteiger partial charge is 0.171 e. The molecule has 0 unspecified atom stereocenters. The predicted octanol–water partition coefficient (Wildman–Crippen LogP) is 1.92. The largest absolute Gasteiger partial charge is 0.386 e. The number of hydrogen-bond donors (Lipinski definition) is 1.